The van der Waals surface area contributed by atoms with Crippen molar-refractivity contribution < 1.29 is 4.79 Å². The Balaban J connectivity index is 1.78. The third-order valence-electron chi connectivity index (χ3n) is 5.21. The second-order valence-corrected chi connectivity index (χ2v) is 7.67. The van der Waals surface area contributed by atoms with Gasteiger partial charge < -0.3 is 9.80 Å². The van der Waals surface area contributed by atoms with Crippen LogP contribution < -0.4 is 0 Å². The van der Waals surface area contributed by atoms with Crippen molar-refractivity contribution >= 4 is 17.5 Å². The maximum absolute atomic E-state index is 13.2. The summed E-state index contributed by atoms with van der Waals surface area (Å²) in [5, 5.41) is 5.16. The standard InChI is InChI=1S/C20H27ClN4O/c1-14(12-25-16(3)19(21)15(2)22-25)20(26)24-11-10-23(4)13-18(24)17-8-6-5-7-9-17/h5-9,14,18H,10-13H2,1-4H3/t14-,18-/m1/s1. The van der Waals surface area contributed by atoms with Gasteiger partial charge >= 0.3 is 0 Å². The Labute approximate surface area is 160 Å². The number of halogens is 1. The molecular weight excluding hydrogens is 348 g/mol. The fourth-order valence-corrected chi connectivity index (χ4v) is 3.75. The summed E-state index contributed by atoms with van der Waals surface area (Å²) >= 11 is 6.25. The minimum atomic E-state index is -0.154. The van der Waals surface area contributed by atoms with Crippen molar-refractivity contribution in [3.05, 3.63) is 52.3 Å². The number of aromatic nitrogens is 2. The highest BCUT2D eigenvalue weighted by Gasteiger charge is 2.32. The molecule has 2 atom stereocenters. The number of rotatable bonds is 4. The molecule has 3 rings (SSSR count). The molecule has 0 bridgehead atoms. The Morgan fingerprint density at radius 1 is 1.27 bits per heavy atom. The Hall–Kier alpha value is -1.85. The molecule has 6 heteroatoms. The second-order valence-electron chi connectivity index (χ2n) is 7.29. The number of likely N-dealkylation sites (N-methyl/N-ethyl adjacent to an activating group) is 1. The minimum absolute atomic E-state index is 0.0916. The fourth-order valence-electron chi connectivity index (χ4n) is 3.62. The molecule has 140 valence electrons. The minimum Gasteiger partial charge on any atom is -0.333 e. The number of amides is 1. The van der Waals surface area contributed by atoms with E-state index in [0.717, 1.165) is 31.0 Å². The van der Waals surface area contributed by atoms with Gasteiger partial charge in [0, 0.05) is 19.6 Å². The Morgan fingerprint density at radius 3 is 2.58 bits per heavy atom. The normalized spacial score (nSPS) is 19.6. The number of hydrogen-bond acceptors (Lipinski definition) is 3. The molecule has 0 radical (unpaired) electrons. The Kier molecular flexibility index (Phi) is 5.68. The lowest BCUT2D eigenvalue weighted by molar-refractivity contribution is -0.140. The van der Waals surface area contributed by atoms with E-state index in [1.165, 1.54) is 5.56 Å². The van der Waals surface area contributed by atoms with Crippen LogP contribution in [0.25, 0.3) is 0 Å². The van der Waals surface area contributed by atoms with Crippen LogP contribution in [-0.4, -0.2) is 52.2 Å². The number of aryl methyl sites for hydroxylation is 1. The maximum atomic E-state index is 13.2. The monoisotopic (exact) mass is 374 g/mol. The maximum Gasteiger partial charge on any atom is 0.227 e. The first kappa shape index (κ1) is 18.9. The molecule has 0 spiro atoms. The smallest absolute Gasteiger partial charge is 0.227 e. The van der Waals surface area contributed by atoms with Crippen LogP contribution in [0.5, 0.6) is 0 Å². The average Bonchev–Trinajstić information content (AvgIpc) is 2.88. The van der Waals surface area contributed by atoms with Crippen molar-refractivity contribution in [1.82, 2.24) is 19.6 Å². The van der Waals surface area contributed by atoms with Gasteiger partial charge in [-0.15, -0.1) is 0 Å². The first-order valence-electron chi connectivity index (χ1n) is 9.12. The van der Waals surface area contributed by atoms with Gasteiger partial charge in [0.15, 0.2) is 0 Å². The highest BCUT2D eigenvalue weighted by Crippen LogP contribution is 2.27. The van der Waals surface area contributed by atoms with E-state index in [9.17, 15) is 4.79 Å². The molecule has 1 amide bonds. The molecule has 1 fully saturated rings. The van der Waals surface area contributed by atoms with Crippen LogP contribution in [-0.2, 0) is 11.3 Å². The number of piperazine rings is 1. The first-order chi connectivity index (χ1) is 12.4. The summed E-state index contributed by atoms with van der Waals surface area (Å²) < 4.78 is 1.85. The van der Waals surface area contributed by atoms with Gasteiger partial charge in [-0.1, -0.05) is 48.9 Å². The van der Waals surface area contributed by atoms with Crippen molar-refractivity contribution in [3.63, 3.8) is 0 Å². The molecule has 0 N–H and O–H groups in total. The molecular formula is C20H27ClN4O. The van der Waals surface area contributed by atoms with E-state index in [2.05, 4.69) is 29.2 Å². The van der Waals surface area contributed by atoms with Gasteiger partial charge in [0.2, 0.25) is 5.91 Å². The van der Waals surface area contributed by atoms with E-state index < -0.39 is 0 Å². The molecule has 0 saturated carbocycles. The van der Waals surface area contributed by atoms with Gasteiger partial charge in [-0.3, -0.25) is 9.48 Å². The van der Waals surface area contributed by atoms with Crippen LogP contribution >= 0.6 is 11.6 Å². The number of nitrogens with zero attached hydrogens (tertiary/aromatic N) is 4. The number of benzene rings is 1. The molecule has 1 aromatic carbocycles. The SMILES string of the molecule is Cc1nn(C[C@@H](C)C(=O)N2CCN(C)C[C@@H]2c2ccccc2)c(C)c1Cl. The lowest BCUT2D eigenvalue weighted by Gasteiger charge is -2.41. The Bertz CT molecular complexity index is 774. The molecule has 1 aliphatic heterocycles. The topological polar surface area (TPSA) is 41.4 Å². The molecule has 0 aliphatic carbocycles. The lowest BCUT2D eigenvalue weighted by atomic mass is 10.00. The predicted octanol–water partition coefficient (Wildman–Crippen LogP) is 3.30. The average molecular weight is 375 g/mol. The molecule has 1 saturated heterocycles. The van der Waals surface area contributed by atoms with Gasteiger partial charge in [0.1, 0.15) is 0 Å². The zero-order valence-corrected chi connectivity index (χ0v) is 16.7. The van der Waals surface area contributed by atoms with Gasteiger partial charge in [-0.2, -0.15) is 5.10 Å². The van der Waals surface area contributed by atoms with E-state index in [0.29, 0.717) is 11.6 Å². The van der Waals surface area contributed by atoms with Gasteiger partial charge in [0.05, 0.1) is 34.9 Å². The molecule has 1 aromatic heterocycles. The summed E-state index contributed by atoms with van der Waals surface area (Å²) in [4.78, 5) is 17.5. The zero-order valence-electron chi connectivity index (χ0n) is 15.9. The van der Waals surface area contributed by atoms with Crippen molar-refractivity contribution in [3.8, 4) is 0 Å². The quantitative estimate of drug-likeness (QED) is 0.824. The summed E-state index contributed by atoms with van der Waals surface area (Å²) in [6.07, 6.45) is 0. The van der Waals surface area contributed by atoms with E-state index in [-0.39, 0.29) is 17.9 Å². The van der Waals surface area contributed by atoms with E-state index in [1.807, 2.05) is 48.6 Å². The van der Waals surface area contributed by atoms with Crippen LogP contribution in [0.2, 0.25) is 5.02 Å². The predicted molar refractivity (Wildman–Crippen MR) is 104 cm³/mol. The first-order valence-corrected chi connectivity index (χ1v) is 9.49. The van der Waals surface area contributed by atoms with E-state index in [1.54, 1.807) is 0 Å². The molecule has 1 aliphatic rings. The summed E-state index contributed by atoms with van der Waals surface area (Å²) in [6.45, 7) is 8.87. The third-order valence-corrected chi connectivity index (χ3v) is 5.76. The molecule has 5 nitrogen and oxygen atoms in total. The van der Waals surface area contributed by atoms with Crippen molar-refractivity contribution in [1.29, 1.82) is 0 Å². The number of carbonyl (C=O) groups is 1. The third kappa shape index (κ3) is 3.79. The zero-order chi connectivity index (χ0) is 18.8. The highest BCUT2D eigenvalue weighted by atomic mass is 35.5. The number of hydrogen-bond donors (Lipinski definition) is 0. The molecule has 0 unspecified atom stereocenters. The largest absolute Gasteiger partial charge is 0.333 e. The van der Waals surface area contributed by atoms with Gasteiger partial charge in [-0.25, -0.2) is 0 Å². The second kappa shape index (κ2) is 7.80. The van der Waals surface area contributed by atoms with Crippen LogP contribution in [0.4, 0.5) is 0 Å². The molecule has 26 heavy (non-hydrogen) atoms. The van der Waals surface area contributed by atoms with Gasteiger partial charge in [0.25, 0.3) is 0 Å². The van der Waals surface area contributed by atoms with Crippen molar-refractivity contribution in [2.45, 2.75) is 33.4 Å². The summed E-state index contributed by atoms with van der Waals surface area (Å²) in [7, 11) is 2.11. The summed E-state index contributed by atoms with van der Waals surface area (Å²) in [5.74, 6) is 0.0225. The summed E-state index contributed by atoms with van der Waals surface area (Å²) in [5.41, 5.74) is 2.92. The molecule has 2 heterocycles. The highest BCUT2D eigenvalue weighted by molar-refractivity contribution is 6.31. The number of carbonyl (C=O) groups excluding carboxylic acids is 1. The van der Waals surface area contributed by atoms with Crippen LogP contribution in [0.1, 0.15) is 29.9 Å². The molecule has 2 aromatic rings. The van der Waals surface area contributed by atoms with Gasteiger partial charge in [-0.05, 0) is 26.5 Å². The van der Waals surface area contributed by atoms with E-state index >= 15 is 0 Å². The lowest BCUT2D eigenvalue weighted by Crippen LogP contribution is -2.51. The van der Waals surface area contributed by atoms with Crippen LogP contribution in [0.3, 0.4) is 0 Å². The van der Waals surface area contributed by atoms with Crippen LogP contribution in [0.15, 0.2) is 30.3 Å². The Morgan fingerprint density at radius 2 is 1.96 bits per heavy atom. The fraction of sp³-hybridized carbons (Fsp3) is 0.500. The van der Waals surface area contributed by atoms with Crippen LogP contribution in [0, 0.1) is 19.8 Å². The van der Waals surface area contributed by atoms with Crippen molar-refractivity contribution in [2.24, 2.45) is 5.92 Å². The van der Waals surface area contributed by atoms with Crippen molar-refractivity contribution in [2.75, 3.05) is 26.7 Å². The summed E-state index contributed by atoms with van der Waals surface area (Å²) in [6, 6.07) is 10.4. The van der Waals surface area contributed by atoms with E-state index in [4.69, 9.17) is 11.6 Å².